The lowest BCUT2D eigenvalue weighted by atomic mass is 9.78. The molecule has 4 heteroatoms. The summed E-state index contributed by atoms with van der Waals surface area (Å²) in [5, 5.41) is 9.89. The first-order chi connectivity index (χ1) is 11.8. The van der Waals surface area contributed by atoms with E-state index in [0.29, 0.717) is 5.92 Å². The van der Waals surface area contributed by atoms with Gasteiger partial charge in [-0.1, -0.05) is 12.8 Å². The SMILES string of the molecule is N#Cc1c(C2CCC2)nc2c(c1-c1ccc(=O)[nH]c1)CCCCC2. The van der Waals surface area contributed by atoms with Crippen LogP contribution in [-0.4, -0.2) is 9.97 Å². The van der Waals surface area contributed by atoms with E-state index >= 15 is 0 Å². The number of aromatic nitrogens is 2. The number of nitriles is 1. The smallest absolute Gasteiger partial charge is 0.247 e. The van der Waals surface area contributed by atoms with Gasteiger partial charge in [0.1, 0.15) is 6.07 Å². The predicted molar refractivity (Wildman–Crippen MR) is 92.9 cm³/mol. The Labute approximate surface area is 141 Å². The summed E-state index contributed by atoms with van der Waals surface area (Å²) in [6.07, 6.45) is 10.7. The summed E-state index contributed by atoms with van der Waals surface area (Å²) in [6.45, 7) is 0. The van der Waals surface area contributed by atoms with E-state index in [2.05, 4.69) is 11.1 Å². The van der Waals surface area contributed by atoms with Gasteiger partial charge in [-0.3, -0.25) is 9.78 Å². The molecule has 0 amide bonds. The van der Waals surface area contributed by atoms with E-state index in [4.69, 9.17) is 4.98 Å². The fourth-order valence-corrected chi connectivity index (χ4v) is 3.91. The van der Waals surface area contributed by atoms with Gasteiger partial charge in [0.05, 0.1) is 11.3 Å². The lowest BCUT2D eigenvalue weighted by molar-refractivity contribution is 0.409. The number of H-pyrrole nitrogens is 1. The van der Waals surface area contributed by atoms with Crippen LogP contribution in [0.15, 0.2) is 23.1 Å². The Hall–Kier alpha value is -2.41. The van der Waals surface area contributed by atoms with Crippen LogP contribution in [0.25, 0.3) is 11.1 Å². The van der Waals surface area contributed by atoms with E-state index < -0.39 is 0 Å². The highest BCUT2D eigenvalue weighted by Gasteiger charge is 2.29. The number of nitrogens with one attached hydrogen (secondary N) is 1. The van der Waals surface area contributed by atoms with Gasteiger partial charge in [-0.05, 0) is 55.7 Å². The van der Waals surface area contributed by atoms with Crippen LogP contribution in [0.2, 0.25) is 0 Å². The molecule has 0 unspecified atom stereocenters. The minimum absolute atomic E-state index is 0.114. The first-order valence-electron chi connectivity index (χ1n) is 8.93. The van der Waals surface area contributed by atoms with Crippen molar-refractivity contribution >= 4 is 0 Å². The Bertz CT molecular complexity index is 851. The van der Waals surface area contributed by atoms with Crippen LogP contribution in [0.5, 0.6) is 0 Å². The molecule has 0 radical (unpaired) electrons. The number of fused-ring (bicyclic) bond motifs is 1. The lowest BCUT2D eigenvalue weighted by Crippen LogP contribution is -2.16. The van der Waals surface area contributed by atoms with Gasteiger partial charge < -0.3 is 4.98 Å². The lowest BCUT2D eigenvalue weighted by Gasteiger charge is -2.28. The fourth-order valence-electron chi connectivity index (χ4n) is 3.91. The second-order valence-corrected chi connectivity index (χ2v) is 6.91. The van der Waals surface area contributed by atoms with Gasteiger partial charge >= 0.3 is 0 Å². The summed E-state index contributed by atoms with van der Waals surface area (Å²) in [5.74, 6) is 0.426. The van der Waals surface area contributed by atoms with Gasteiger partial charge in [0.2, 0.25) is 5.56 Å². The van der Waals surface area contributed by atoms with Crippen molar-refractivity contribution in [1.82, 2.24) is 9.97 Å². The minimum atomic E-state index is -0.114. The monoisotopic (exact) mass is 319 g/mol. The number of aromatic amines is 1. The van der Waals surface area contributed by atoms with Crippen molar-refractivity contribution < 1.29 is 0 Å². The van der Waals surface area contributed by atoms with Crippen LogP contribution >= 0.6 is 0 Å². The molecule has 0 saturated heterocycles. The zero-order valence-electron chi connectivity index (χ0n) is 13.8. The van der Waals surface area contributed by atoms with E-state index in [9.17, 15) is 10.1 Å². The minimum Gasteiger partial charge on any atom is -0.328 e. The highest BCUT2D eigenvalue weighted by molar-refractivity contribution is 5.75. The molecule has 2 aromatic heterocycles. The molecular weight excluding hydrogens is 298 g/mol. The van der Waals surface area contributed by atoms with Crippen molar-refractivity contribution in [2.75, 3.05) is 0 Å². The Morgan fingerprint density at radius 3 is 2.62 bits per heavy atom. The van der Waals surface area contributed by atoms with Gasteiger partial charge in [0, 0.05) is 29.4 Å². The van der Waals surface area contributed by atoms with Crippen molar-refractivity contribution in [2.45, 2.75) is 57.3 Å². The van der Waals surface area contributed by atoms with Gasteiger partial charge in [-0.25, -0.2) is 0 Å². The van der Waals surface area contributed by atoms with Crippen molar-refractivity contribution in [3.63, 3.8) is 0 Å². The third-order valence-electron chi connectivity index (χ3n) is 5.43. The summed E-state index contributed by atoms with van der Waals surface area (Å²) < 4.78 is 0. The average Bonchev–Trinajstić information content (AvgIpc) is 2.78. The van der Waals surface area contributed by atoms with Gasteiger partial charge in [-0.2, -0.15) is 5.26 Å². The molecule has 1 N–H and O–H groups in total. The molecule has 0 aromatic carbocycles. The van der Waals surface area contributed by atoms with Crippen molar-refractivity contribution in [3.8, 4) is 17.2 Å². The molecule has 1 saturated carbocycles. The third kappa shape index (κ3) is 2.54. The molecular formula is C20H21N3O. The molecule has 1 fully saturated rings. The van der Waals surface area contributed by atoms with E-state index in [0.717, 1.165) is 54.5 Å². The van der Waals surface area contributed by atoms with Gasteiger partial charge in [0.25, 0.3) is 0 Å². The maximum atomic E-state index is 11.4. The Balaban J connectivity index is 1.98. The zero-order chi connectivity index (χ0) is 16.5. The first kappa shape index (κ1) is 15.1. The number of hydrogen-bond acceptors (Lipinski definition) is 3. The zero-order valence-corrected chi connectivity index (χ0v) is 13.8. The Kier molecular flexibility index (Phi) is 3.93. The standard InChI is InChI=1S/C20H21N3O/c21-11-16-19(14-9-10-18(24)22-12-14)15-7-2-1-3-8-17(15)23-20(16)13-5-4-6-13/h9-10,12-13H,1-8H2,(H,22,24). The topological polar surface area (TPSA) is 69.5 Å². The molecule has 4 rings (SSSR count). The second-order valence-electron chi connectivity index (χ2n) is 6.91. The van der Waals surface area contributed by atoms with Gasteiger partial charge in [-0.15, -0.1) is 0 Å². The number of aryl methyl sites for hydroxylation is 1. The fraction of sp³-hybridized carbons (Fsp3) is 0.450. The van der Waals surface area contributed by atoms with E-state index in [1.807, 2.05) is 6.07 Å². The molecule has 0 bridgehead atoms. The van der Waals surface area contributed by atoms with Crippen LogP contribution in [0.3, 0.4) is 0 Å². The maximum absolute atomic E-state index is 11.4. The highest BCUT2D eigenvalue weighted by Crippen LogP contribution is 2.42. The van der Waals surface area contributed by atoms with Crippen LogP contribution < -0.4 is 5.56 Å². The highest BCUT2D eigenvalue weighted by atomic mass is 16.1. The molecule has 4 nitrogen and oxygen atoms in total. The third-order valence-corrected chi connectivity index (χ3v) is 5.43. The van der Waals surface area contributed by atoms with Crippen LogP contribution in [0.1, 0.15) is 67.0 Å². The molecule has 24 heavy (non-hydrogen) atoms. The van der Waals surface area contributed by atoms with E-state index in [1.165, 1.54) is 30.5 Å². The van der Waals surface area contributed by atoms with Crippen LogP contribution in [0.4, 0.5) is 0 Å². The van der Waals surface area contributed by atoms with E-state index in [-0.39, 0.29) is 5.56 Å². The predicted octanol–water partition coefficient (Wildman–Crippen LogP) is 3.84. The summed E-state index contributed by atoms with van der Waals surface area (Å²) in [6, 6.07) is 5.83. The quantitative estimate of drug-likeness (QED) is 0.855. The van der Waals surface area contributed by atoms with Gasteiger partial charge in [0.15, 0.2) is 0 Å². The molecule has 122 valence electrons. The summed E-state index contributed by atoms with van der Waals surface area (Å²) in [5.41, 5.74) is 5.96. The van der Waals surface area contributed by atoms with Crippen molar-refractivity contribution in [2.24, 2.45) is 0 Å². The maximum Gasteiger partial charge on any atom is 0.247 e. The number of pyridine rings is 2. The molecule has 2 aromatic rings. The van der Waals surface area contributed by atoms with Crippen LogP contribution in [-0.2, 0) is 12.8 Å². The van der Waals surface area contributed by atoms with Crippen molar-refractivity contribution in [1.29, 1.82) is 5.26 Å². The Morgan fingerprint density at radius 2 is 1.96 bits per heavy atom. The summed E-state index contributed by atoms with van der Waals surface area (Å²) in [4.78, 5) is 19.2. The van der Waals surface area contributed by atoms with E-state index in [1.54, 1.807) is 12.3 Å². The summed E-state index contributed by atoms with van der Waals surface area (Å²) >= 11 is 0. The Morgan fingerprint density at radius 1 is 1.12 bits per heavy atom. The number of rotatable bonds is 2. The molecule has 0 atom stereocenters. The van der Waals surface area contributed by atoms with Crippen molar-refractivity contribution in [3.05, 3.63) is 51.2 Å². The molecule has 2 aliphatic rings. The summed E-state index contributed by atoms with van der Waals surface area (Å²) in [7, 11) is 0. The van der Waals surface area contributed by atoms with Crippen LogP contribution in [0, 0.1) is 11.3 Å². The average molecular weight is 319 g/mol. The molecule has 0 aliphatic heterocycles. The largest absolute Gasteiger partial charge is 0.328 e. The first-order valence-corrected chi connectivity index (χ1v) is 8.93. The molecule has 2 aliphatic carbocycles. The molecule has 0 spiro atoms. The normalized spacial score (nSPS) is 17.5. The second kappa shape index (κ2) is 6.24. The number of hydrogen-bond donors (Lipinski definition) is 1. The number of nitrogens with zero attached hydrogens (tertiary/aromatic N) is 2. The molecule has 2 heterocycles.